The molecule has 1 aromatic heterocycles. The number of nitrogens with one attached hydrogen (secondary N) is 3. The molecule has 0 saturated heterocycles. The Balaban J connectivity index is 2.24. The van der Waals surface area contributed by atoms with Crippen LogP contribution in [0.1, 0.15) is 90.9 Å². The van der Waals surface area contributed by atoms with Gasteiger partial charge >= 0.3 is 18.1 Å². The lowest BCUT2D eigenvalue weighted by molar-refractivity contribution is 0.239. The molecule has 8 heteroatoms. The van der Waals surface area contributed by atoms with E-state index in [1.165, 1.54) is 64.2 Å². The van der Waals surface area contributed by atoms with Crippen molar-refractivity contribution in [1.29, 1.82) is 0 Å². The van der Waals surface area contributed by atoms with E-state index in [0.29, 0.717) is 12.5 Å². The number of nitrogens with zero attached hydrogens (tertiary/aromatic N) is 2. The number of aromatic nitrogens is 2. The topological polar surface area (TPSA) is 92.1 Å². The molecule has 0 aliphatic heterocycles. The van der Waals surface area contributed by atoms with Crippen molar-refractivity contribution in [3.05, 3.63) is 6.08 Å². The van der Waals surface area contributed by atoms with Crippen molar-refractivity contribution in [1.82, 2.24) is 20.9 Å². The Hall–Kier alpha value is -1.86. The fourth-order valence-corrected chi connectivity index (χ4v) is 3.07. The summed E-state index contributed by atoms with van der Waals surface area (Å²) < 4.78 is 17.1. The molecule has 3 N–H and O–H groups in total. The van der Waals surface area contributed by atoms with Crippen LogP contribution in [0.15, 0.2) is 4.52 Å². The lowest BCUT2D eigenvalue weighted by Gasteiger charge is -2.18. The molecular formula is C19H36FN5O2. The second-order valence-corrected chi connectivity index (χ2v) is 7.10. The van der Waals surface area contributed by atoms with Crippen LogP contribution < -0.4 is 16.2 Å². The van der Waals surface area contributed by atoms with Gasteiger partial charge in [0.15, 0.2) is 0 Å². The molecule has 0 bridgehead atoms. The molecule has 27 heavy (non-hydrogen) atoms. The van der Waals surface area contributed by atoms with Gasteiger partial charge in [-0.25, -0.2) is 15.6 Å². The van der Waals surface area contributed by atoms with Gasteiger partial charge < -0.3 is 9.84 Å². The molecular weight excluding hydrogens is 349 g/mol. The van der Waals surface area contributed by atoms with Crippen LogP contribution in [0.4, 0.5) is 15.2 Å². The molecule has 0 radical (unpaired) electrons. The zero-order valence-electron chi connectivity index (χ0n) is 16.9. The molecule has 0 saturated carbocycles. The Kier molecular flexibility index (Phi) is 13.1. The first-order valence-electron chi connectivity index (χ1n) is 10.4. The molecule has 0 spiro atoms. The number of amides is 2. The molecule has 0 aliphatic rings. The van der Waals surface area contributed by atoms with Gasteiger partial charge in [0, 0.05) is 6.54 Å². The van der Waals surface area contributed by atoms with Crippen LogP contribution >= 0.6 is 0 Å². The maximum absolute atomic E-state index is 12.6. The zero-order chi connectivity index (χ0) is 19.7. The van der Waals surface area contributed by atoms with Crippen LogP contribution in [0.25, 0.3) is 0 Å². The predicted molar refractivity (Wildman–Crippen MR) is 105 cm³/mol. The smallest absolute Gasteiger partial charge is 0.336 e. The van der Waals surface area contributed by atoms with Gasteiger partial charge in [0.05, 0.1) is 0 Å². The van der Waals surface area contributed by atoms with Gasteiger partial charge in [-0.3, -0.25) is 0 Å². The van der Waals surface area contributed by atoms with Crippen LogP contribution in [-0.4, -0.2) is 22.7 Å². The lowest BCUT2D eigenvalue weighted by Crippen LogP contribution is -2.41. The minimum absolute atomic E-state index is 0.189. The van der Waals surface area contributed by atoms with E-state index in [2.05, 4.69) is 44.7 Å². The molecule has 7 nitrogen and oxygen atoms in total. The third-order valence-corrected chi connectivity index (χ3v) is 4.67. The van der Waals surface area contributed by atoms with Crippen molar-refractivity contribution in [3.8, 4) is 0 Å². The summed E-state index contributed by atoms with van der Waals surface area (Å²) in [7, 11) is 0. The monoisotopic (exact) mass is 385 g/mol. The second-order valence-electron chi connectivity index (χ2n) is 7.10. The number of halogens is 1. The standard InChI is InChI=1S/C19H36FN5O2/c1-3-5-7-9-10-12-14-16(13-11-8-6-4-2)15-21-18(26)23-24-19-22-17(20)25-27-19/h16H,3-15H2,1-2H3,(H2,21,23,26)(H,22,24,25). The summed E-state index contributed by atoms with van der Waals surface area (Å²) in [5, 5.41) is 5.86. The summed E-state index contributed by atoms with van der Waals surface area (Å²) in [4.78, 5) is 15.2. The number of carbonyl (C=O) groups is 1. The number of carbonyl (C=O) groups excluding carboxylic acids is 1. The first-order chi connectivity index (χ1) is 13.2. The van der Waals surface area contributed by atoms with E-state index in [9.17, 15) is 9.18 Å². The summed E-state index contributed by atoms with van der Waals surface area (Å²) >= 11 is 0. The van der Waals surface area contributed by atoms with Crippen LogP contribution in [0.2, 0.25) is 0 Å². The number of unbranched alkanes of at least 4 members (excludes halogenated alkanes) is 8. The molecule has 0 aromatic carbocycles. The maximum Gasteiger partial charge on any atom is 0.347 e. The quantitative estimate of drug-likeness (QED) is 0.270. The Labute approximate surface area is 162 Å². The van der Waals surface area contributed by atoms with Crippen molar-refractivity contribution in [2.24, 2.45) is 5.92 Å². The summed E-state index contributed by atoms with van der Waals surface area (Å²) in [6.07, 6.45) is 13.9. The van der Waals surface area contributed by atoms with Crippen molar-refractivity contribution in [2.45, 2.75) is 90.9 Å². The predicted octanol–water partition coefficient (Wildman–Crippen LogP) is 5.17. The highest BCUT2D eigenvalue weighted by Gasteiger charge is 2.11. The van der Waals surface area contributed by atoms with Gasteiger partial charge in [-0.1, -0.05) is 78.1 Å². The number of hydrogen-bond donors (Lipinski definition) is 3. The van der Waals surface area contributed by atoms with Gasteiger partial charge in [-0.2, -0.15) is 4.39 Å². The molecule has 156 valence electrons. The highest BCUT2D eigenvalue weighted by Crippen LogP contribution is 2.18. The summed E-state index contributed by atoms with van der Waals surface area (Å²) in [6, 6.07) is -0.582. The summed E-state index contributed by atoms with van der Waals surface area (Å²) in [5.41, 5.74) is 4.75. The molecule has 2 amide bonds. The van der Waals surface area contributed by atoms with Gasteiger partial charge in [0.1, 0.15) is 0 Å². The van der Waals surface area contributed by atoms with Gasteiger partial charge in [0.25, 0.3) is 0 Å². The number of rotatable bonds is 16. The highest BCUT2D eigenvalue weighted by atomic mass is 19.1. The number of urea groups is 1. The van der Waals surface area contributed by atoms with E-state index in [-0.39, 0.29) is 6.01 Å². The summed E-state index contributed by atoms with van der Waals surface area (Å²) in [6.45, 7) is 5.07. The maximum atomic E-state index is 12.6. The second kappa shape index (κ2) is 15.2. The number of anilines is 1. The molecule has 0 fully saturated rings. The molecule has 1 heterocycles. The SMILES string of the molecule is CCCCCCCCC(CCCCCC)CNC(=O)NNc1nc(F)no1. The lowest BCUT2D eigenvalue weighted by atomic mass is 9.94. The molecule has 1 atom stereocenters. The van der Waals surface area contributed by atoms with Gasteiger partial charge in [-0.15, -0.1) is 4.98 Å². The Morgan fingerprint density at radius 1 is 1.00 bits per heavy atom. The molecule has 1 unspecified atom stereocenters. The van der Waals surface area contributed by atoms with Crippen molar-refractivity contribution in [2.75, 3.05) is 12.0 Å². The minimum Gasteiger partial charge on any atom is -0.336 e. The highest BCUT2D eigenvalue weighted by molar-refractivity contribution is 5.74. The summed E-state index contributed by atoms with van der Waals surface area (Å²) in [5.74, 6) is 0.486. The third kappa shape index (κ3) is 12.2. The third-order valence-electron chi connectivity index (χ3n) is 4.67. The van der Waals surface area contributed by atoms with Crippen molar-refractivity contribution in [3.63, 3.8) is 0 Å². The first kappa shape index (κ1) is 23.2. The average Bonchev–Trinajstić information content (AvgIpc) is 3.08. The number of hydrogen-bond acceptors (Lipinski definition) is 5. The van der Waals surface area contributed by atoms with Crippen LogP contribution in [0.5, 0.6) is 0 Å². The van der Waals surface area contributed by atoms with Gasteiger partial charge in [-0.05, 0) is 23.9 Å². The Bertz CT molecular complexity index is 498. The Morgan fingerprint density at radius 3 is 2.19 bits per heavy atom. The Morgan fingerprint density at radius 2 is 1.59 bits per heavy atom. The first-order valence-corrected chi connectivity index (χ1v) is 10.4. The van der Waals surface area contributed by atoms with Crippen molar-refractivity contribution >= 4 is 12.0 Å². The van der Waals surface area contributed by atoms with E-state index in [1.807, 2.05) is 0 Å². The largest absolute Gasteiger partial charge is 0.347 e. The number of hydrazine groups is 1. The fraction of sp³-hybridized carbons (Fsp3) is 0.842. The van der Waals surface area contributed by atoms with E-state index in [4.69, 9.17) is 0 Å². The van der Waals surface area contributed by atoms with Crippen molar-refractivity contribution < 1.29 is 13.7 Å². The van der Waals surface area contributed by atoms with E-state index < -0.39 is 12.1 Å². The zero-order valence-corrected chi connectivity index (χ0v) is 16.9. The van der Waals surface area contributed by atoms with E-state index in [1.54, 1.807) is 0 Å². The van der Waals surface area contributed by atoms with E-state index >= 15 is 0 Å². The molecule has 0 aliphatic carbocycles. The minimum atomic E-state index is -0.981. The van der Waals surface area contributed by atoms with Crippen LogP contribution in [0.3, 0.4) is 0 Å². The van der Waals surface area contributed by atoms with Crippen LogP contribution in [-0.2, 0) is 0 Å². The van der Waals surface area contributed by atoms with E-state index in [0.717, 1.165) is 12.8 Å². The van der Waals surface area contributed by atoms with Gasteiger partial charge in [0.2, 0.25) is 0 Å². The molecule has 1 aromatic rings. The average molecular weight is 386 g/mol. The van der Waals surface area contributed by atoms with Crippen LogP contribution in [0, 0.1) is 12.0 Å². The normalized spacial score (nSPS) is 12.0. The fourth-order valence-electron chi connectivity index (χ4n) is 3.07. The molecule has 1 rings (SSSR count).